The maximum absolute atomic E-state index is 14.2. The average Bonchev–Trinajstić information content (AvgIpc) is 1.84. The lowest BCUT2D eigenvalue weighted by molar-refractivity contribution is -0.127. The normalized spacial score (nSPS) is 16.4. The third-order valence-electron chi connectivity index (χ3n) is 16.1. The molecule has 9 rings (SSSR count). The summed E-state index contributed by atoms with van der Waals surface area (Å²) in [5.74, 6) is 0.613. The molecule has 4 amide bonds. The van der Waals surface area contributed by atoms with Crippen molar-refractivity contribution in [1.82, 2.24) is 10.6 Å². The first-order valence-electron chi connectivity index (χ1n) is 28.9. The summed E-state index contributed by atoms with van der Waals surface area (Å²) in [6, 6.07) is 29.1. The Morgan fingerprint density at radius 2 is 1.35 bits per heavy atom. The van der Waals surface area contributed by atoms with Crippen LogP contribution in [0.4, 0.5) is 22.7 Å². The van der Waals surface area contributed by atoms with Crippen LogP contribution in [0.25, 0.3) is 0 Å². The highest BCUT2D eigenvalue weighted by atomic mass is 33.1. The predicted octanol–water partition coefficient (Wildman–Crippen LogP) is 9.35. The molecule has 3 N–H and O–H groups in total. The molecule has 18 nitrogen and oxygen atoms in total. The quantitative estimate of drug-likeness (QED) is 0.0241. The van der Waals surface area contributed by atoms with Crippen LogP contribution in [0.3, 0.4) is 0 Å². The number of nitrogens with one attached hydrogen (secondary N) is 3. The number of rotatable bonds is 28. The average molecular weight is 1220 g/mol. The molecule has 0 fully saturated rings. The van der Waals surface area contributed by atoms with Crippen LogP contribution in [0.5, 0.6) is 17.2 Å². The van der Waals surface area contributed by atoms with E-state index in [1.165, 1.54) is 7.11 Å². The van der Waals surface area contributed by atoms with E-state index in [9.17, 15) is 37.2 Å². The van der Waals surface area contributed by atoms with Gasteiger partial charge in [-0.15, -0.1) is 0 Å². The van der Waals surface area contributed by atoms with E-state index in [2.05, 4.69) is 33.0 Å². The van der Waals surface area contributed by atoms with Gasteiger partial charge in [-0.25, -0.2) is 0 Å². The standard InChI is InChI=1S/C64H76N6O12S3/c1-40-26-53-56(68(5)37-48-31-45-13-9-11-15-55(45)70(48)63(53)76)34-57(40)81-38-41-27-42(39-82-59-32-43-16-17-47-30-44-12-8-10-14-54(44)69(47)62(75)52(43)33-58(59)79-6)29-46(28-41)67-61(74)21-19-50(72)35-66-60(73)20-18-49(71)22-24-64(2,3)84-83-25-23-51(36-65-4)85(77,78)80-7/h8-15,26-29,32-34,47-48,51,65H,16-25,30-31,35-39H2,1-7H3,(H,66,73)(H,67,74)/t47-,48+,51?/m1/s1. The second-order valence-electron chi connectivity index (χ2n) is 22.8. The van der Waals surface area contributed by atoms with Crippen LogP contribution >= 0.6 is 21.6 Å². The lowest BCUT2D eigenvalue weighted by Crippen LogP contribution is -2.41. The summed E-state index contributed by atoms with van der Waals surface area (Å²) in [5.41, 5.74) is 9.61. The Morgan fingerprint density at radius 1 is 0.718 bits per heavy atom. The Balaban J connectivity index is 0.816. The van der Waals surface area contributed by atoms with Crippen LogP contribution in [0.15, 0.2) is 91.0 Å². The maximum atomic E-state index is 14.2. The van der Waals surface area contributed by atoms with Gasteiger partial charge in [0.2, 0.25) is 11.8 Å². The molecule has 3 atom stereocenters. The van der Waals surface area contributed by atoms with Crippen molar-refractivity contribution in [3.8, 4) is 17.2 Å². The highest BCUT2D eigenvalue weighted by Crippen LogP contribution is 2.43. The molecule has 0 aromatic heterocycles. The Hall–Kier alpha value is -6.91. The molecular formula is C64H76N6O12S3. The van der Waals surface area contributed by atoms with E-state index in [0.717, 1.165) is 65.7 Å². The minimum atomic E-state index is -3.66. The summed E-state index contributed by atoms with van der Waals surface area (Å²) in [5, 5.41) is 7.77. The summed E-state index contributed by atoms with van der Waals surface area (Å²) in [4.78, 5) is 86.5. The van der Waals surface area contributed by atoms with Crippen molar-refractivity contribution in [2.24, 2.45) is 0 Å². The van der Waals surface area contributed by atoms with Gasteiger partial charge in [-0.3, -0.25) is 33.0 Å². The summed E-state index contributed by atoms with van der Waals surface area (Å²) < 4.78 is 47.8. The lowest BCUT2D eigenvalue weighted by atomic mass is 9.99. The largest absolute Gasteiger partial charge is 0.493 e. The number of ether oxygens (including phenoxy) is 3. The molecule has 4 aliphatic heterocycles. The molecule has 0 saturated heterocycles. The van der Waals surface area contributed by atoms with Gasteiger partial charge < -0.3 is 44.9 Å². The van der Waals surface area contributed by atoms with Gasteiger partial charge >= 0.3 is 0 Å². The number of likely N-dealkylation sites (N-methyl/N-ethyl adjacent to an activating group) is 1. The maximum Gasteiger partial charge on any atom is 0.271 e. The zero-order valence-electron chi connectivity index (χ0n) is 49.4. The fourth-order valence-corrected chi connectivity index (χ4v) is 15.5. The molecule has 85 heavy (non-hydrogen) atoms. The first-order chi connectivity index (χ1) is 40.7. The summed E-state index contributed by atoms with van der Waals surface area (Å²) in [6.45, 7) is 6.72. The lowest BCUT2D eigenvalue weighted by Gasteiger charge is -2.25. The first-order valence-corrected chi connectivity index (χ1v) is 32.7. The van der Waals surface area contributed by atoms with Crippen LogP contribution in [0, 0.1) is 6.92 Å². The second kappa shape index (κ2) is 27.6. The molecule has 4 heterocycles. The van der Waals surface area contributed by atoms with Gasteiger partial charge in [0, 0.05) is 97.5 Å². The van der Waals surface area contributed by atoms with E-state index in [0.29, 0.717) is 76.7 Å². The zero-order chi connectivity index (χ0) is 60.6. The fraction of sp³-hybridized carbons (Fsp3) is 0.438. The number of carbonyl (C=O) groups excluding carboxylic acids is 6. The topological polar surface area (TPSA) is 219 Å². The number of benzene rings is 5. The third-order valence-corrected chi connectivity index (χ3v) is 21.2. The number of nitrogens with zero attached hydrogens (tertiary/aromatic N) is 3. The number of hydrogen-bond donors (Lipinski definition) is 3. The van der Waals surface area contributed by atoms with Crippen molar-refractivity contribution < 1.29 is 55.6 Å². The van der Waals surface area contributed by atoms with Gasteiger partial charge in [0.15, 0.2) is 17.3 Å². The third kappa shape index (κ3) is 15.2. The Labute approximate surface area is 506 Å². The number of methoxy groups -OCH3 is 1. The molecule has 0 saturated carbocycles. The Morgan fingerprint density at radius 3 is 2.04 bits per heavy atom. The van der Waals surface area contributed by atoms with E-state index < -0.39 is 27.2 Å². The smallest absolute Gasteiger partial charge is 0.271 e. The van der Waals surface area contributed by atoms with E-state index in [4.69, 9.17) is 18.4 Å². The molecule has 4 aliphatic rings. The molecule has 0 radical (unpaired) electrons. The number of carbonyl (C=O) groups is 6. The molecule has 0 aliphatic carbocycles. The molecule has 452 valence electrons. The number of fused-ring (bicyclic) bond motifs is 8. The number of Topliss-reactive ketones (excluding diaryl/α,β-unsaturated/α-hetero) is 2. The van der Waals surface area contributed by atoms with Gasteiger partial charge in [-0.1, -0.05) is 58.0 Å². The van der Waals surface area contributed by atoms with Crippen LogP contribution < -0.4 is 44.9 Å². The number of hydrogen-bond acceptors (Lipinski definition) is 16. The van der Waals surface area contributed by atoms with Gasteiger partial charge in [0.25, 0.3) is 21.9 Å². The summed E-state index contributed by atoms with van der Waals surface area (Å²) in [7, 11) is 5.85. The number of ketones is 2. The van der Waals surface area contributed by atoms with Crippen molar-refractivity contribution in [2.45, 2.75) is 127 Å². The van der Waals surface area contributed by atoms with Crippen LogP contribution in [0.2, 0.25) is 0 Å². The van der Waals surface area contributed by atoms with Crippen LogP contribution in [-0.2, 0) is 66.0 Å². The van der Waals surface area contributed by atoms with E-state index in [-0.39, 0.29) is 98.6 Å². The van der Waals surface area contributed by atoms with Crippen molar-refractivity contribution in [3.63, 3.8) is 0 Å². The second-order valence-corrected chi connectivity index (χ2v) is 28.0. The molecule has 5 aromatic rings. The highest BCUT2D eigenvalue weighted by Gasteiger charge is 2.40. The molecule has 0 bridgehead atoms. The van der Waals surface area contributed by atoms with Gasteiger partial charge in [-0.05, 0) is 148 Å². The molecular weight excluding hydrogens is 1140 g/mol. The van der Waals surface area contributed by atoms with Gasteiger partial charge in [0.05, 0.1) is 43.3 Å². The van der Waals surface area contributed by atoms with Gasteiger partial charge in [-0.2, -0.15) is 8.42 Å². The number of para-hydroxylation sites is 2. The monoisotopic (exact) mass is 1220 g/mol. The van der Waals surface area contributed by atoms with Crippen LogP contribution in [-0.4, -0.2) is 119 Å². The fourth-order valence-electron chi connectivity index (χ4n) is 11.6. The first kappa shape index (κ1) is 62.6. The van der Waals surface area contributed by atoms with E-state index in [1.54, 1.807) is 46.8 Å². The summed E-state index contributed by atoms with van der Waals surface area (Å²) >= 11 is 0. The summed E-state index contributed by atoms with van der Waals surface area (Å²) in [6.07, 6.45) is 3.90. The number of aryl methyl sites for hydroxylation is 2. The van der Waals surface area contributed by atoms with Crippen LogP contribution in [0.1, 0.15) is 119 Å². The SMILES string of the molecule is CNCC(CCSSC(C)(C)CCC(=O)CCC(=O)NCC(=O)CCC(=O)Nc1cc(COc2cc3c(cc2C)C(=O)N2c4ccccc4C[C@H]2CN3C)cc(COc2cc3c(cc2OC)C(=O)N2c4ccccc4C[C@H]2CC3)c1)S(=O)(=O)OC. The van der Waals surface area contributed by atoms with Crippen molar-refractivity contribution in [3.05, 3.63) is 136 Å². The molecule has 5 aromatic carbocycles. The Kier molecular flexibility index (Phi) is 20.4. The minimum absolute atomic E-state index is 0.0116. The minimum Gasteiger partial charge on any atom is -0.493 e. The number of anilines is 4. The number of amides is 4. The van der Waals surface area contributed by atoms with Crippen molar-refractivity contribution in [2.75, 3.05) is 73.7 Å². The van der Waals surface area contributed by atoms with Gasteiger partial charge in [0.1, 0.15) is 24.7 Å². The molecule has 1 unspecified atom stereocenters. The van der Waals surface area contributed by atoms with Crippen molar-refractivity contribution in [1.29, 1.82) is 0 Å². The van der Waals surface area contributed by atoms with Crippen molar-refractivity contribution >= 4 is 89.7 Å². The Bertz CT molecular complexity index is 3470. The predicted molar refractivity (Wildman–Crippen MR) is 334 cm³/mol. The highest BCUT2D eigenvalue weighted by molar-refractivity contribution is 8.77. The molecule has 0 spiro atoms. The van der Waals surface area contributed by atoms with E-state index >= 15 is 0 Å². The van der Waals surface area contributed by atoms with E-state index in [1.807, 2.05) is 98.3 Å². The molecule has 21 heteroatoms. The zero-order valence-corrected chi connectivity index (χ0v) is 51.8.